The number of aliphatic hydroxyl groups excluding tert-OH is 4. The van der Waals surface area contributed by atoms with Gasteiger partial charge in [-0.3, -0.25) is 9.54 Å². The molecular formula is C25H25N7O13S2. The number of nitrogens with one attached hydrogen (secondary N) is 3. The van der Waals surface area contributed by atoms with Gasteiger partial charge in [0.15, 0.2) is 12.0 Å². The highest BCUT2D eigenvalue weighted by Gasteiger charge is 2.44. The number of aromatic amines is 1. The zero-order chi connectivity index (χ0) is 33.9. The van der Waals surface area contributed by atoms with Crippen molar-refractivity contribution in [3.8, 4) is 5.75 Å². The number of phenolic OH excluding ortho intramolecular Hbond substituents is 1. The first-order chi connectivity index (χ1) is 22.4. The van der Waals surface area contributed by atoms with Crippen LogP contribution >= 0.6 is 12.0 Å². The Balaban J connectivity index is 1.60. The summed E-state index contributed by atoms with van der Waals surface area (Å²) in [6.45, 7) is -0.710. The second-order valence-corrected chi connectivity index (χ2v) is 11.9. The molecular weight excluding hydrogens is 670 g/mol. The standard InChI is InChI=1S/C25H25N7O13S2/c33-9-14-19(34)21(36)18(22(37)43-14)27-24-28-23(29-25(38)30-24)26-13-8-12(47(40,41)42)6-10-7-15(46-45-44-39)17(20(35)16(10)13)32-31-11-4-2-1-3-5-11/h1-8,14,18-19,21-22,33-37,39H,9H2,(H,40,41,42)(H3,26,27,28,29,30,38). The van der Waals surface area contributed by atoms with E-state index in [9.17, 15) is 43.3 Å². The third-order valence-corrected chi connectivity index (χ3v) is 8.15. The summed E-state index contributed by atoms with van der Waals surface area (Å²) >= 11 is 0.379. The topological polar surface area (TPSA) is 311 Å². The number of hydrogen-bond donors (Lipinski definition) is 10. The predicted molar refractivity (Wildman–Crippen MR) is 160 cm³/mol. The maximum Gasteiger partial charge on any atom is 0.351 e. The van der Waals surface area contributed by atoms with Gasteiger partial charge in [-0.2, -0.15) is 23.5 Å². The molecule has 1 aliphatic rings. The summed E-state index contributed by atoms with van der Waals surface area (Å²) in [6.07, 6.45) is -6.43. The number of phenols is 1. The monoisotopic (exact) mass is 695 g/mol. The molecule has 1 aromatic heterocycles. The number of hydrogen-bond acceptors (Lipinski definition) is 19. The number of aromatic hydroxyl groups is 1. The van der Waals surface area contributed by atoms with Gasteiger partial charge in [-0.05, 0) is 35.7 Å². The SMILES string of the molecule is O=c1nc(NC2C(O)OC(CO)C(O)C2O)nc(Nc2cc(S(=O)(=O)O)cc3cc(SOOO)c(N=Nc4ccccc4)c(O)c23)[nH]1. The van der Waals surface area contributed by atoms with Crippen LogP contribution in [-0.4, -0.2) is 96.0 Å². The number of benzene rings is 3. The van der Waals surface area contributed by atoms with Gasteiger partial charge in [0.05, 0.1) is 39.8 Å². The lowest BCUT2D eigenvalue weighted by Gasteiger charge is -2.40. The average Bonchev–Trinajstić information content (AvgIpc) is 3.03. The Bertz CT molecular complexity index is 1950. The Morgan fingerprint density at radius 2 is 1.81 bits per heavy atom. The van der Waals surface area contributed by atoms with E-state index in [0.29, 0.717) is 17.7 Å². The van der Waals surface area contributed by atoms with Crippen molar-refractivity contribution in [2.24, 2.45) is 10.2 Å². The fourth-order valence-corrected chi connectivity index (χ4v) is 5.60. The minimum Gasteiger partial charge on any atom is -0.505 e. The fourth-order valence-electron chi connectivity index (χ4n) is 4.56. The minimum absolute atomic E-state index is 0.0264. The van der Waals surface area contributed by atoms with Crippen molar-refractivity contribution in [2.45, 2.75) is 40.4 Å². The van der Waals surface area contributed by atoms with E-state index in [1.165, 1.54) is 6.07 Å². The molecule has 0 radical (unpaired) electrons. The van der Waals surface area contributed by atoms with Gasteiger partial charge in [0, 0.05) is 5.39 Å². The van der Waals surface area contributed by atoms with Crippen LogP contribution in [0.1, 0.15) is 0 Å². The molecule has 0 spiro atoms. The van der Waals surface area contributed by atoms with Gasteiger partial charge in [0.1, 0.15) is 30.0 Å². The number of aliphatic hydroxyl groups is 4. The normalized spacial score (nSPS) is 21.7. The molecule has 5 atom stereocenters. The summed E-state index contributed by atoms with van der Waals surface area (Å²) in [5, 5.41) is 77.0. The summed E-state index contributed by atoms with van der Waals surface area (Å²) in [4.78, 5) is 21.7. The van der Waals surface area contributed by atoms with Crippen molar-refractivity contribution >= 4 is 61.9 Å². The first kappa shape index (κ1) is 34.0. The molecule has 250 valence electrons. The van der Waals surface area contributed by atoms with Crippen molar-refractivity contribution in [1.29, 1.82) is 0 Å². The molecule has 3 aromatic carbocycles. The molecule has 1 fully saturated rings. The lowest BCUT2D eigenvalue weighted by atomic mass is 9.97. The molecule has 0 saturated carbocycles. The molecule has 0 bridgehead atoms. The maximum absolute atomic E-state index is 12.5. The van der Waals surface area contributed by atoms with E-state index in [4.69, 9.17) is 9.99 Å². The number of azo groups is 1. The Hall–Kier alpha value is -4.33. The molecule has 1 aliphatic heterocycles. The molecule has 0 amide bonds. The highest BCUT2D eigenvalue weighted by atomic mass is 32.2. The lowest BCUT2D eigenvalue weighted by molar-refractivity contribution is -0.432. The summed E-state index contributed by atoms with van der Waals surface area (Å²) in [5.74, 6) is -1.53. The number of anilines is 3. The summed E-state index contributed by atoms with van der Waals surface area (Å²) < 4.78 is 43.8. The molecule has 47 heavy (non-hydrogen) atoms. The van der Waals surface area contributed by atoms with Gasteiger partial charge in [-0.25, -0.2) is 10.1 Å². The quantitative estimate of drug-likeness (QED) is 0.0345. The largest absolute Gasteiger partial charge is 0.505 e. The summed E-state index contributed by atoms with van der Waals surface area (Å²) in [7, 11) is -4.86. The minimum atomic E-state index is -4.86. The molecule has 5 rings (SSSR count). The average molecular weight is 696 g/mol. The van der Waals surface area contributed by atoms with Crippen LogP contribution in [-0.2, 0) is 24.2 Å². The number of H-pyrrole nitrogens is 1. The van der Waals surface area contributed by atoms with Crippen LogP contribution in [0.15, 0.2) is 73.3 Å². The van der Waals surface area contributed by atoms with E-state index in [1.54, 1.807) is 30.3 Å². The summed E-state index contributed by atoms with van der Waals surface area (Å²) in [6, 6.07) is 10.1. The molecule has 20 nitrogen and oxygen atoms in total. The smallest absolute Gasteiger partial charge is 0.351 e. The lowest BCUT2D eigenvalue weighted by Crippen LogP contribution is -2.61. The Morgan fingerprint density at radius 3 is 2.49 bits per heavy atom. The number of nitrogens with zero attached hydrogens (tertiary/aromatic N) is 4. The molecule has 0 aliphatic carbocycles. The van der Waals surface area contributed by atoms with Crippen molar-refractivity contribution in [2.75, 3.05) is 17.2 Å². The van der Waals surface area contributed by atoms with Gasteiger partial charge in [-0.1, -0.05) is 23.2 Å². The number of fused-ring (bicyclic) bond motifs is 1. The van der Waals surface area contributed by atoms with Gasteiger partial charge in [0.25, 0.3) is 10.1 Å². The van der Waals surface area contributed by atoms with E-state index in [1.807, 2.05) is 0 Å². The molecule has 2 heterocycles. The zero-order valence-corrected chi connectivity index (χ0v) is 25.0. The van der Waals surface area contributed by atoms with Crippen molar-refractivity contribution in [3.63, 3.8) is 0 Å². The molecule has 1 saturated heterocycles. The van der Waals surface area contributed by atoms with E-state index in [2.05, 4.69) is 45.2 Å². The van der Waals surface area contributed by atoms with Crippen LogP contribution in [0.4, 0.5) is 29.0 Å². The predicted octanol–water partition coefficient (Wildman–Crippen LogP) is 1.07. The van der Waals surface area contributed by atoms with Crippen molar-refractivity contribution in [3.05, 3.63) is 59.0 Å². The highest BCUT2D eigenvalue weighted by molar-refractivity contribution is 7.94. The molecule has 4 aromatic rings. The Labute approximate surface area is 267 Å². The van der Waals surface area contributed by atoms with Crippen LogP contribution in [0, 0.1) is 0 Å². The number of aromatic nitrogens is 3. The number of ether oxygens (including phenoxy) is 1. The first-order valence-corrected chi connectivity index (χ1v) is 15.3. The van der Waals surface area contributed by atoms with Crippen LogP contribution in [0.5, 0.6) is 5.75 Å². The van der Waals surface area contributed by atoms with Crippen LogP contribution in [0.2, 0.25) is 0 Å². The number of rotatable bonds is 11. The van der Waals surface area contributed by atoms with Crippen molar-refractivity contribution < 1.29 is 57.9 Å². The van der Waals surface area contributed by atoms with Gasteiger partial charge < -0.3 is 40.9 Å². The van der Waals surface area contributed by atoms with Gasteiger partial charge >= 0.3 is 5.69 Å². The van der Waals surface area contributed by atoms with Crippen LogP contribution in [0.3, 0.4) is 0 Å². The van der Waals surface area contributed by atoms with Gasteiger partial charge in [-0.15, -0.1) is 9.45 Å². The molecule has 22 heteroatoms. The van der Waals surface area contributed by atoms with Crippen LogP contribution in [0.25, 0.3) is 10.8 Å². The second-order valence-electron chi connectivity index (χ2n) is 9.73. The van der Waals surface area contributed by atoms with E-state index < -0.39 is 75.6 Å². The summed E-state index contributed by atoms with van der Waals surface area (Å²) in [5.41, 5.74) is -1.12. The molecule has 5 unspecified atom stereocenters. The van der Waals surface area contributed by atoms with Gasteiger partial charge in [0.2, 0.25) is 11.9 Å². The van der Waals surface area contributed by atoms with Crippen molar-refractivity contribution in [1.82, 2.24) is 15.0 Å². The highest BCUT2D eigenvalue weighted by Crippen LogP contribution is 2.47. The maximum atomic E-state index is 12.5. The zero-order valence-electron chi connectivity index (χ0n) is 23.4. The third kappa shape index (κ3) is 7.64. The fraction of sp³-hybridized carbons (Fsp3) is 0.240. The second kappa shape index (κ2) is 14.2. The Kier molecular flexibility index (Phi) is 10.3. The first-order valence-electron chi connectivity index (χ1n) is 13.1. The van der Waals surface area contributed by atoms with E-state index in [-0.39, 0.29) is 27.0 Å². The van der Waals surface area contributed by atoms with E-state index in [0.717, 1.165) is 12.1 Å². The van der Waals surface area contributed by atoms with Crippen LogP contribution < -0.4 is 16.3 Å². The Morgan fingerprint density at radius 1 is 1.06 bits per heavy atom. The van der Waals surface area contributed by atoms with E-state index >= 15 is 0 Å². The third-order valence-electron chi connectivity index (χ3n) is 6.70. The molecule has 10 N–H and O–H groups in total.